The third-order valence-corrected chi connectivity index (χ3v) is 5.33. The average molecular weight is 317 g/mol. The van der Waals surface area contributed by atoms with Gasteiger partial charge in [0.1, 0.15) is 0 Å². The smallest absolute Gasteiger partial charge is 0.222 e. The van der Waals surface area contributed by atoms with E-state index in [9.17, 15) is 4.79 Å². The molecule has 3 fully saturated rings. The van der Waals surface area contributed by atoms with Crippen LogP contribution in [0.25, 0.3) is 0 Å². The van der Waals surface area contributed by atoms with Gasteiger partial charge in [-0.25, -0.2) is 0 Å². The number of carbonyl (C=O) groups is 1. The molecule has 3 aliphatic heterocycles. The Hall–Kier alpha value is -0.320. The number of nitrogens with zero attached hydrogens (tertiary/aromatic N) is 1. The van der Waals surface area contributed by atoms with E-state index in [0.29, 0.717) is 18.4 Å². The Balaban J connectivity index is 0.00000161. The van der Waals surface area contributed by atoms with Crippen LogP contribution in [0, 0.1) is 11.8 Å². The average Bonchev–Trinajstić information content (AvgIpc) is 2.84. The van der Waals surface area contributed by atoms with Crippen molar-refractivity contribution in [1.29, 1.82) is 0 Å². The number of halogens is 1. The van der Waals surface area contributed by atoms with Crippen LogP contribution in [0.4, 0.5) is 0 Å². The minimum Gasteiger partial charge on any atom is -0.378 e. The Morgan fingerprint density at radius 1 is 1.10 bits per heavy atom. The molecule has 1 unspecified atom stereocenters. The number of hydrogen-bond acceptors (Lipinski definition) is 3. The molecule has 3 saturated heterocycles. The van der Waals surface area contributed by atoms with Gasteiger partial charge in [-0.15, -0.1) is 12.4 Å². The lowest BCUT2D eigenvalue weighted by Gasteiger charge is -2.25. The van der Waals surface area contributed by atoms with Crippen molar-refractivity contribution in [2.75, 3.05) is 32.8 Å². The Labute approximate surface area is 134 Å². The molecule has 21 heavy (non-hydrogen) atoms. The summed E-state index contributed by atoms with van der Waals surface area (Å²) in [6.45, 7) is 5.13. The van der Waals surface area contributed by atoms with Crippen LogP contribution in [0.2, 0.25) is 0 Å². The lowest BCUT2D eigenvalue weighted by atomic mass is 9.92. The number of amides is 1. The van der Waals surface area contributed by atoms with Crippen LogP contribution in [-0.2, 0) is 9.53 Å². The van der Waals surface area contributed by atoms with E-state index in [4.69, 9.17) is 4.74 Å². The summed E-state index contributed by atoms with van der Waals surface area (Å²) in [5.74, 6) is 1.95. The maximum Gasteiger partial charge on any atom is 0.222 e. The lowest BCUT2D eigenvalue weighted by Crippen LogP contribution is -2.33. The van der Waals surface area contributed by atoms with E-state index in [1.54, 1.807) is 0 Å². The second-order valence-electron chi connectivity index (χ2n) is 6.66. The molecule has 3 aliphatic rings. The first-order valence-corrected chi connectivity index (χ1v) is 8.43. The summed E-state index contributed by atoms with van der Waals surface area (Å²) >= 11 is 0. The molecule has 4 nitrogen and oxygen atoms in total. The van der Waals surface area contributed by atoms with Gasteiger partial charge in [0.25, 0.3) is 0 Å². The predicted octanol–water partition coefficient (Wildman–Crippen LogP) is 2.22. The molecule has 3 atom stereocenters. The number of rotatable bonds is 3. The summed E-state index contributed by atoms with van der Waals surface area (Å²) in [6.07, 6.45) is 7.90. The standard InChI is InChI=1S/C16H28N2O2.ClH/c19-16(5-4-15-3-1-2-10-20-15)18-8-6-13-11-17-12-14(13)7-9-18;/h13-15,17H,1-12H2;1H/t13-,14+,15?;. The Bertz CT molecular complexity index is 320. The van der Waals surface area contributed by atoms with E-state index in [2.05, 4.69) is 10.2 Å². The summed E-state index contributed by atoms with van der Waals surface area (Å²) in [4.78, 5) is 14.5. The van der Waals surface area contributed by atoms with Crippen molar-refractivity contribution in [3.63, 3.8) is 0 Å². The zero-order valence-electron chi connectivity index (χ0n) is 12.9. The molecule has 5 heteroatoms. The molecule has 0 aromatic rings. The highest BCUT2D eigenvalue weighted by Gasteiger charge is 2.31. The summed E-state index contributed by atoms with van der Waals surface area (Å²) < 4.78 is 5.72. The fourth-order valence-corrected chi connectivity index (χ4v) is 3.95. The van der Waals surface area contributed by atoms with Gasteiger partial charge >= 0.3 is 0 Å². The molecular formula is C16H29ClN2O2. The van der Waals surface area contributed by atoms with Gasteiger partial charge in [0.2, 0.25) is 5.91 Å². The molecule has 122 valence electrons. The summed E-state index contributed by atoms with van der Waals surface area (Å²) in [5.41, 5.74) is 0. The highest BCUT2D eigenvalue weighted by molar-refractivity contribution is 5.85. The molecule has 0 saturated carbocycles. The van der Waals surface area contributed by atoms with E-state index in [1.165, 1.54) is 25.7 Å². The summed E-state index contributed by atoms with van der Waals surface area (Å²) in [7, 11) is 0. The van der Waals surface area contributed by atoms with Gasteiger partial charge in [0.15, 0.2) is 0 Å². The monoisotopic (exact) mass is 316 g/mol. The second kappa shape index (κ2) is 8.35. The van der Waals surface area contributed by atoms with Crippen molar-refractivity contribution < 1.29 is 9.53 Å². The van der Waals surface area contributed by atoms with Gasteiger partial charge in [-0.05, 0) is 63.5 Å². The molecule has 0 aromatic carbocycles. The molecule has 0 spiro atoms. The molecule has 0 bridgehead atoms. The van der Waals surface area contributed by atoms with Crippen LogP contribution < -0.4 is 5.32 Å². The summed E-state index contributed by atoms with van der Waals surface area (Å²) in [5, 5.41) is 3.48. The molecule has 0 aliphatic carbocycles. The van der Waals surface area contributed by atoms with Crippen molar-refractivity contribution >= 4 is 18.3 Å². The van der Waals surface area contributed by atoms with E-state index in [0.717, 1.165) is 57.5 Å². The fraction of sp³-hybridized carbons (Fsp3) is 0.938. The van der Waals surface area contributed by atoms with Crippen molar-refractivity contribution in [2.45, 2.75) is 51.0 Å². The number of hydrogen-bond donors (Lipinski definition) is 1. The minimum absolute atomic E-state index is 0. The topological polar surface area (TPSA) is 41.6 Å². The number of likely N-dealkylation sites (tertiary alicyclic amines) is 1. The minimum atomic E-state index is 0. The first-order chi connectivity index (χ1) is 9.83. The number of ether oxygens (including phenoxy) is 1. The van der Waals surface area contributed by atoms with Crippen LogP contribution in [-0.4, -0.2) is 49.7 Å². The van der Waals surface area contributed by atoms with Crippen molar-refractivity contribution in [3.8, 4) is 0 Å². The highest BCUT2D eigenvalue weighted by atomic mass is 35.5. The first kappa shape index (κ1) is 17.0. The molecule has 1 N–H and O–H groups in total. The van der Waals surface area contributed by atoms with Gasteiger partial charge in [-0.2, -0.15) is 0 Å². The third-order valence-electron chi connectivity index (χ3n) is 5.33. The maximum absolute atomic E-state index is 12.4. The lowest BCUT2D eigenvalue weighted by molar-refractivity contribution is -0.132. The van der Waals surface area contributed by atoms with E-state index in [-0.39, 0.29) is 12.4 Å². The molecule has 0 aromatic heterocycles. The van der Waals surface area contributed by atoms with Gasteiger partial charge in [0.05, 0.1) is 6.10 Å². The van der Waals surface area contributed by atoms with Crippen LogP contribution in [0.5, 0.6) is 0 Å². The van der Waals surface area contributed by atoms with Gasteiger partial charge in [-0.1, -0.05) is 0 Å². The number of nitrogens with one attached hydrogen (secondary N) is 1. The fourth-order valence-electron chi connectivity index (χ4n) is 3.95. The van der Waals surface area contributed by atoms with Crippen LogP contribution in [0.15, 0.2) is 0 Å². The Morgan fingerprint density at radius 2 is 1.81 bits per heavy atom. The van der Waals surface area contributed by atoms with Gasteiger partial charge in [-0.3, -0.25) is 4.79 Å². The quantitative estimate of drug-likeness (QED) is 0.868. The molecular weight excluding hydrogens is 288 g/mol. The predicted molar refractivity (Wildman–Crippen MR) is 85.7 cm³/mol. The summed E-state index contributed by atoms with van der Waals surface area (Å²) in [6, 6.07) is 0. The number of carbonyl (C=O) groups excluding carboxylic acids is 1. The highest BCUT2D eigenvalue weighted by Crippen LogP contribution is 2.27. The van der Waals surface area contributed by atoms with Crippen LogP contribution in [0.3, 0.4) is 0 Å². The third kappa shape index (κ3) is 4.57. The van der Waals surface area contributed by atoms with Crippen LogP contribution >= 0.6 is 12.4 Å². The van der Waals surface area contributed by atoms with Crippen molar-refractivity contribution in [1.82, 2.24) is 10.2 Å². The SMILES string of the molecule is Cl.O=C(CCC1CCCCO1)N1CC[C@@H]2CNC[C@@H]2CC1. The largest absolute Gasteiger partial charge is 0.378 e. The maximum atomic E-state index is 12.4. The van der Waals surface area contributed by atoms with E-state index >= 15 is 0 Å². The first-order valence-electron chi connectivity index (χ1n) is 8.43. The molecule has 1 amide bonds. The van der Waals surface area contributed by atoms with E-state index in [1.807, 2.05) is 0 Å². The van der Waals surface area contributed by atoms with Crippen molar-refractivity contribution in [2.24, 2.45) is 11.8 Å². The zero-order valence-corrected chi connectivity index (χ0v) is 13.7. The normalized spacial score (nSPS) is 33.0. The Kier molecular flexibility index (Phi) is 6.77. The van der Waals surface area contributed by atoms with Crippen molar-refractivity contribution in [3.05, 3.63) is 0 Å². The van der Waals surface area contributed by atoms with E-state index < -0.39 is 0 Å². The van der Waals surface area contributed by atoms with Gasteiger partial charge < -0.3 is 15.0 Å². The molecule has 3 rings (SSSR count). The number of fused-ring (bicyclic) bond motifs is 1. The van der Waals surface area contributed by atoms with Crippen LogP contribution in [0.1, 0.15) is 44.9 Å². The molecule has 3 heterocycles. The van der Waals surface area contributed by atoms with Gasteiger partial charge in [0, 0.05) is 26.1 Å². The second-order valence-corrected chi connectivity index (χ2v) is 6.66. The molecule has 0 radical (unpaired) electrons. The Morgan fingerprint density at radius 3 is 2.43 bits per heavy atom. The zero-order chi connectivity index (χ0) is 13.8.